The molecule has 5 rings (SSSR count). The maximum absolute atomic E-state index is 13.1. The summed E-state index contributed by atoms with van der Waals surface area (Å²) in [6.45, 7) is 1.75. The van der Waals surface area contributed by atoms with Gasteiger partial charge in [-0.1, -0.05) is 37.3 Å². The number of aromatic nitrogens is 3. The molecular formula is C21H18N4O4S2. The van der Waals surface area contributed by atoms with Gasteiger partial charge in [0.25, 0.3) is 10.0 Å². The minimum Gasteiger partial charge on any atom is -0.480 e. The van der Waals surface area contributed by atoms with Crippen LogP contribution in [0.3, 0.4) is 0 Å². The zero-order valence-corrected chi connectivity index (χ0v) is 18.0. The van der Waals surface area contributed by atoms with Gasteiger partial charge < -0.3 is 5.11 Å². The van der Waals surface area contributed by atoms with Crippen LogP contribution in [0, 0.1) is 5.92 Å². The number of fused-ring (bicyclic) bond motifs is 1. The molecule has 3 aromatic heterocycles. The SMILES string of the molecule is CC1[C@@H](c2ccccc2)[C@]1(NS(=O)(=O)c1ccc(-c2cn3cccnc3n2)s1)C(=O)O. The number of carboxylic acid groups (broad SMARTS) is 1. The summed E-state index contributed by atoms with van der Waals surface area (Å²) in [6.07, 6.45) is 5.21. The van der Waals surface area contributed by atoms with Crippen LogP contribution in [0.15, 0.2) is 71.3 Å². The van der Waals surface area contributed by atoms with Crippen molar-refractivity contribution in [1.29, 1.82) is 0 Å². The van der Waals surface area contributed by atoms with E-state index < -0.39 is 27.4 Å². The zero-order valence-electron chi connectivity index (χ0n) is 16.3. The molecule has 8 nitrogen and oxygen atoms in total. The highest BCUT2D eigenvalue weighted by Crippen LogP contribution is 2.58. The quantitative estimate of drug-likeness (QED) is 0.463. The van der Waals surface area contributed by atoms with E-state index in [1.807, 2.05) is 30.3 Å². The van der Waals surface area contributed by atoms with Crippen LogP contribution in [0.2, 0.25) is 0 Å². The topological polar surface area (TPSA) is 114 Å². The summed E-state index contributed by atoms with van der Waals surface area (Å²) in [5, 5.41) is 9.94. The summed E-state index contributed by atoms with van der Waals surface area (Å²) >= 11 is 1.04. The van der Waals surface area contributed by atoms with Crippen LogP contribution in [-0.2, 0) is 14.8 Å². The number of benzene rings is 1. The number of nitrogens with zero attached hydrogens (tertiary/aromatic N) is 3. The molecule has 3 atom stereocenters. The first-order chi connectivity index (χ1) is 14.8. The molecule has 10 heteroatoms. The lowest BCUT2D eigenvalue weighted by atomic mass is 10.1. The number of carbonyl (C=O) groups is 1. The van der Waals surface area contributed by atoms with E-state index in [4.69, 9.17) is 0 Å². The molecule has 0 bridgehead atoms. The third-order valence-electron chi connectivity index (χ3n) is 5.75. The Kier molecular flexibility index (Phi) is 4.47. The van der Waals surface area contributed by atoms with Crippen molar-refractivity contribution in [2.45, 2.75) is 22.6 Å². The van der Waals surface area contributed by atoms with Gasteiger partial charge in [0, 0.05) is 24.5 Å². The van der Waals surface area contributed by atoms with Crippen LogP contribution >= 0.6 is 11.3 Å². The molecule has 1 aliphatic rings. The molecule has 1 saturated carbocycles. The maximum atomic E-state index is 13.1. The van der Waals surface area contributed by atoms with Gasteiger partial charge >= 0.3 is 5.97 Å². The molecule has 1 aromatic carbocycles. The van der Waals surface area contributed by atoms with E-state index in [0.717, 1.165) is 16.9 Å². The van der Waals surface area contributed by atoms with Crippen LogP contribution < -0.4 is 4.72 Å². The molecule has 1 fully saturated rings. The molecule has 4 aromatic rings. The lowest BCUT2D eigenvalue weighted by Gasteiger charge is -2.15. The van der Waals surface area contributed by atoms with Crippen LogP contribution in [-0.4, -0.2) is 39.4 Å². The fourth-order valence-electron chi connectivity index (χ4n) is 4.12. The smallest absolute Gasteiger partial charge is 0.325 e. The van der Waals surface area contributed by atoms with Crippen molar-refractivity contribution in [3.8, 4) is 10.6 Å². The Balaban J connectivity index is 1.46. The molecule has 0 saturated heterocycles. The Morgan fingerprint density at radius 1 is 1.19 bits per heavy atom. The molecule has 0 aliphatic heterocycles. The number of thiophene rings is 1. The zero-order chi connectivity index (χ0) is 21.8. The van der Waals surface area contributed by atoms with Gasteiger partial charge in [0.05, 0.1) is 4.88 Å². The molecule has 2 N–H and O–H groups in total. The Labute approximate surface area is 182 Å². The van der Waals surface area contributed by atoms with Gasteiger partial charge in [0.2, 0.25) is 5.78 Å². The fraction of sp³-hybridized carbons (Fsp3) is 0.190. The van der Waals surface area contributed by atoms with Crippen LogP contribution in [0.5, 0.6) is 0 Å². The van der Waals surface area contributed by atoms with Gasteiger partial charge in [-0.25, -0.2) is 18.4 Å². The van der Waals surface area contributed by atoms with Gasteiger partial charge in [-0.3, -0.25) is 9.20 Å². The van der Waals surface area contributed by atoms with Crippen LogP contribution in [0.1, 0.15) is 18.4 Å². The highest BCUT2D eigenvalue weighted by Gasteiger charge is 2.70. The Hall–Kier alpha value is -3.08. The number of rotatable bonds is 6. The van der Waals surface area contributed by atoms with Gasteiger partial charge in [0.1, 0.15) is 15.4 Å². The van der Waals surface area contributed by atoms with E-state index in [0.29, 0.717) is 16.3 Å². The molecule has 1 unspecified atom stereocenters. The second-order valence-electron chi connectivity index (χ2n) is 7.53. The van der Waals surface area contributed by atoms with E-state index in [2.05, 4.69) is 14.7 Å². The third-order valence-corrected chi connectivity index (χ3v) is 8.83. The van der Waals surface area contributed by atoms with E-state index in [-0.39, 0.29) is 10.1 Å². The second-order valence-corrected chi connectivity index (χ2v) is 10.5. The first-order valence-corrected chi connectivity index (χ1v) is 11.8. The van der Waals surface area contributed by atoms with E-state index in [9.17, 15) is 18.3 Å². The van der Waals surface area contributed by atoms with Gasteiger partial charge in [-0.2, -0.15) is 4.72 Å². The van der Waals surface area contributed by atoms with Crippen LogP contribution in [0.25, 0.3) is 16.3 Å². The van der Waals surface area contributed by atoms with Crippen LogP contribution in [0.4, 0.5) is 0 Å². The number of imidazole rings is 1. The minimum absolute atomic E-state index is 0.0408. The van der Waals surface area contributed by atoms with Crippen molar-refractivity contribution < 1.29 is 18.3 Å². The molecule has 1 aliphatic carbocycles. The van der Waals surface area contributed by atoms with E-state index in [1.54, 1.807) is 42.0 Å². The summed E-state index contributed by atoms with van der Waals surface area (Å²) in [5.41, 5.74) is -0.179. The molecular weight excluding hydrogens is 436 g/mol. The predicted molar refractivity (Wildman–Crippen MR) is 115 cm³/mol. The summed E-state index contributed by atoms with van der Waals surface area (Å²) in [5.74, 6) is -1.49. The number of sulfonamides is 1. The van der Waals surface area contributed by atoms with Crippen molar-refractivity contribution in [2.75, 3.05) is 0 Å². The number of nitrogens with one attached hydrogen (secondary N) is 1. The first-order valence-electron chi connectivity index (χ1n) is 9.55. The molecule has 0 amide bonds. The molecule has 0 radical (unpaired) electrons. The lowest BCUT2D eigenvalue weighted by Crippen LogP contribution is -2.45. The maximum Gasteiger partial charge on any atom is 0.325 e. The summed E-state index contributed by atoms with van der Waals surface area (Å²) in [4.78, 5) is 21.4. The van der Waals surface area contributed by atoms with Crippen molar-refractivity contribution >= 4 is 33.1 Å². The number of hydrogen-bond acceptors (Lipinski definition) is 6. The Morgan fingerprint density at radius 3 is 2.68 bits per heavy atom. The third kappa shape index (κ3) is 3.14. The normalized spacial score (nSPS) is 23.1. The number of hydrogen-bond donors (Lipinski definition) is 2. The van der Waals surface area contributed by atoms with Crippen molar-refractivity contribution in [1.82, 2.24) is 19.1 Å². The fourth-order valence-corrected chi connectivity index (χ4v) is 6.84. The monoisotopic (exact) mass is 454 g/mol. The Bertz CT molecular complexity index is 1360. The molecule has 3 heterocycles. The summed E-state index contributed by atoms with van der Waals surface area (Å²) in [7, 11) is -4.05. The molecule has 0 spiro atoms. The highest BCUT2D eigenvalue weighted by molar-refractivity contribution is 7.91. The van der Waals surface area contributed by atoms with Gasteiger partial charge in [-0.05, 0) is 29.7 Å². The van der Waals surface area contributed by atoms with E-state index in [1.165, 1.54) is 6.07 Å². The van der Waals surface area contributed by atoms with E-state index >= 15 is 0 Å². The lowest BCUT2D eigenvalue weighted by molar-refractivity contribution is -0.140. The average Bonchev–Trinajstić information content (AvgIpc) is 3.16. The molecule has 158 valence electrons. The molecule has 31 heavy (non-hydrogen) atoms. The second kappa shape index (κ2) is 6.98. The predicted octanol–water partition coefficient (Wildman–Crippen LogP) is 2.99. The van der Waals surface area contributed by atoms with Gasteiger partial charge in [0.15, 0.2) is 0 Å². The first kappa shape index (κ1) is 19.9. The van der Waals surface area contributed by atoms with Gasteiger partial charge in [-0.15, -0.1) is 11.3 Å². The summed E-state index contributed by atoms with van der Waals surface area (Å²) in [6, 6.07) is 14.0. The Morgan fingerprint density at radius 2 is 1.97 bits per heavy atom. The van der Waals surface area contributed by atoms with Crippen molar-refractivity contribution in [2.24, 2.45) is 5.92 Å². The average molecular weight is 455 g/mol. The standard InChI is InChI=1S/C21H18N4O4S2/c1-13-18(14-6-3-2-4-7-14)21(13,19(26)27)24-31(28,29)17-9-8-16(30-17)15-12-25-11-5-10-22-20(25)23-15/h2-13,18,24H,1H3,(H,26,27)/t13?,18-,21-/m0/s1. The number of carboxylic acids is 1. The number of aliphatic carboxylic acids is 1. The minimum atomic E-state index is -4.05. The van der Waals surface area contributed by atoms with Crippen molar-refractivity contribution in [3.05, 3.63) is 72.7 Å². The largest absolute Gasteiger partial charge is 0.480 e. The van der Waals surface area contributed by atoms with Crippen molar-refractivity contribution in [3.63, 3.8) is 0 Å². The summed E-state index contributed by atoms with van der Waals surface area (Å²) < 4.78 is 30.5. The highest BCUT2D eigenvalue weighted by atomic mass is 32.2.